The molecular weight excluding hydrogens is 264 g/mol. The summed E-state index contributed by atoms with van der Waals surface area (Å²) < 4.78 is 0. The molecule has 2 aliphatic heterocycles. The maximum absolute atomic E-state index is 10.8. The second-order valence-corrected chi connectivity index (χ2v) is 6.53. The lowest BCUT2D eigenvalue weighted by atomic mass is 9.97. The van der Waals surface area contributed by atoms with Gasteiger partial charge >= 0.3 is 0 Å². The quantitative estimate of drug-likeness (QED) is 0.673. The minimum absolute atomic E-state index is 0.0847. The summed E-state index contributed by atoms with van der Waals surface area (Å²) in [5.74, 6) is 0.997. The molecule has 0 unspecified atom stereocenters. The maximum atomic E-state index is 10.8. The highest BCUT2D eigenvalue weighted by molar-refractivity contribution is 5.72. The molecule has 0 aromatic carbocycles. The number of nitrogens with zero attached hydrogens (tertiary/aromatic N) is 2. The third kappa shape index (κ3) is 6.76. The molecule has 2 saturated heterocycles. The number of unbranched alkanes of at least 4 members (excludes halogenated alkanes) is 1. The lowest BCUT2D eigenvalue weighted by molar-refractivity contribution is -0.118. The van der Waals surface area contributed by atoms with Crippen molar-refractivity contribution in [2.75, 3.05) is 58.9 Å². The molecule has 0 aromatic heterocycles. The zero-order chi connectivity index (χ0) is 14.9. The number of nitrogens with one attached hydrogen (secondary N) is 2. The fourth-order valence-corrected chi connectivity index (χ4v) is 3.35. The Morgan fingerprint density at radius 2 is 1.76 bits per heavy atom. The molecule has 0 saturated carbocycles. The summed E-state index contributed by atoms with van der Waals surface area (Å²) in [7, 11) is 0. The molecule has 2 N–H and O–H groups in total. The van der Waals surface area contributed by atoms with Gasteiger partial charge in [0.25, 0.3) is 0 Å². The van der Waals surface area contributed by atoms with Crippen LogP contribution in [0, 0.1) is 5.92 Å². The predicted molar refractivity (Wildman–Crippen MR) is 86.4 cm³/mol. The molecule has 122 valence electrons. The molecule has 2 rings (SSSR count). The first-order chi connectivity index (χ1) is 10.2. The largest absolute Gasteiger partial charge is 0.356 e. The molecule has 5 nitrogen and oxygen atoms in total. The number of hydrogen-bond acceptors (Lipinski definition) is 4. The van der Waals surface area contributed by atoms with E-state index in [1.54, 1.807) is 6.92 Å². The summed E-state index contributed by atoms with van der Waals surface area (Å²) in [5.41, 5.74) is 0. The average molecular weight is 296 g/mol. The number of amides is 1. The summed E-state index contributed by atoms with van der Waals surface area (Å²) in [6, 6.07) is 0. The van der Waals surface area contributed by atoms with E-state index in [0.717, 1.165) is 18.9 Å². The third-order valence-corrected chi connectivity index (χ3v) is 4.72. The number of rotatable bonds is 7. The zero-order valence-corrected chi connectivity index (χ0v) is 13.6. The van der Waals surface area contributed by atoms with Crippen molar-refractivity contribution in [2.24, 2.45) is 5.92 Å². The van der Waals surface area contributed by atoms with E-state index in [4.69, 9.17) is 0 Å². The second-order valence-electron chi connectivity index (χ2n) is 6.53. The van der Waals surface area contributed by atoms with Crippen LogP contribution in [0.15, 0.2) is 0 Å². The number of carbonyl (C=O) groups excluding carboxylic acids is 1. The molecule has 1 amide bonds. The Morgan fingerprint density at radius 3 is 2.43 bits per heavy atom. The fraction of sp³-hybridized carbons (Fsp3) is 0.938. The Bertz CT molecular complexity index is 297. The summed E-state index contributed by atoms with van der Waals surface area (Å²) in [6.07, 6.45) is 4.98. The van der Waals surface area contributed by atoms with Crippen molar-refractivity contribution in [3.05, 3.63) is 0 Å². The van der Waals surface area contributed by atoms with Crippen molar-refractivity contribution < 1.29 is 4.79 Å². The Balaban J connectivity index is 1.50. The van der Waals surface area contributed by atoms with Crippen LogP contribution in [-0.2, 0) is 4.79 Å². The van der Waals surface area contributed by atoms with E-state index in [1.807, 2.05) is 0 Å². The van der Waals surface area contributed by atoms with Crippen molar-refractivity contribution in [3.63, 3.8) is 0 Å². The molecule has 2 heterocycles. The van der Waals surface area contributed by atoms with Gasteiger partial charge in [-0.1, -0.05) is 0 Å². The van der Waals surface area contributed by atoms with Gasteiger partial charge in [-0.05, 0) is 51.2 Å². The lowest BCUT2D eigenvalue weighted by Gasteiger charge is -2.37. The van der Waals surface area contributed by atoms with Gasteiger partial charge in [0.15, 0.2) is 0 Å². The van der Waals surface area contributed by atoms with Crippen LogP contribution in [-0.4, -0.2) is 74.6 Å². The average Bonchev–Trinajstić information content (AvgIpc) is 2.49. The van der Waals surface area contributed by atoms with Gasteiger partial charge in [0.2, 0.25) is 5.91 Å². The summed E-state index contributed by atoms with van der Waals surface area (Å²) in [5, 5.41) is 6.31. The van der Waals surface area contributed by atoms with Crippen molar-refractivity contribution in [3.8, 4) is 0 Å². The zero-order valence-electron chi connectivity index (χ0n) is 13.6. The molecule has 2 aliphatic rings. The van der Waals surface area contributed by atoms with Crippen molar-refractivity contribution in [1.82, 2.24) is 20.4 Å². The van der Waals surface area contributed by atoms with Crippen LogP contribution in [0.4, 0.5) is 0 Å². The van der Waals surface area contributed by atoms with Gasteiger partial charge in [-0.25, -0.2) is 0 Å². The third-order valence-electron chi connectivity index (χ3n) is 4.72. The van der Waals surface area contributed by atoms with Crippen molar-refractivity contribution in [2.45, 2.75) is 32.6 Å². The van der Waals surface area contributed by atoms with Gasteiger partial charge in [-0.2, -0.15) is 0 Å². The van der Waals surface area contributed by atoms with Crippen LogP contribution in [0.3, 0.4) is 0 Å². The highest BCUT2D eigenvalue weighted by Crippen LogP contribution is 2.14. The van der Waals surface area contributed by atoms with E-state index in [1.165, 1.54) is 71.6 Å². The topological polar surface area (TPSA) is 47.6 Å². The molecule has 0 aliphatic carbocycles. The van der Waals surface area contributed by atoms with Crippen molar-refractivity contribution >= 4 is 5.91 Å². The minimum atomic E-state index is 0.0847. The SMILES string of the molecule is CC(=O)NCCCCN1CCN(CC2CCNCC2)CC1. The number of piperidine rings is 1. The Hall–Kier alpha value is -0.650. The molecule has 0 atom stereocenters. The first-order valence-corrected chi connectivity index (χ1v) is 8.64. The van der Waals surface area contributed by atoms with E-state index >= 15 is 0 Å². The van der Waals surface area contributed by atoms with Crippen molar-refractivity contribution in [1.29, 1.82) is 0 Å². The van der Waals surface area contributed by atoms with Crippen LogP contribution in [0.25, 0.3) is 0 Å². The molecule has 0 bridgehead atoms. The summed E-state index contributed by atoms with van der Waals surface area (Å²) in [4.78, 5) is 16.0. The maximum Gasteiger partial charge on any atom is 0.216 e. The molecule has 5 heteroatoms. The fourth-order valence-electron chi connectivity index (χ4n) is 3.35. The normalized spacial score (nSPS) is 22.3. The predicted octanol–water partition coefficient (Wildman–Crippen LogP) is 0.520. The van der Waals surface area contributed by atoms with Crippen LogP contribution in [0.5, 0.6) is 0 Å². The van der Waals surface area contributed by atoms with Crippen LogP contribution in [0.1, 0.15) is 32.6 Å². The molecule has 0 radical (unpaired) electrons. The minimum Gasteiger partial charge on any atom is -0.356 e. The standard InChI is InChI=1S/C16H32N4O/c1-15(21)18-6-2-3-9-19-10-12-20(13-11-19)14-16-4-7-17-8-5-16/h16-17H,2-14H2,1H3,(H,18,21). The molecule has 2 fully saturated rings. The monoisotopic (exact) mass is 296 g/mol. The van der Waals surface area contributed by atoms with Gasteiger partial charge < -0.3 is 20.4 Å². The Morgan fingerprint density at radius 1 is 1.10 bits per heavy atom. The van der Waals surface area contributed by atoms with E-state index in [0.29, 0.717) is 0 Å². The second kappa shape index (κ2) is 9.38. The molecule has 21 heavy (non-hydrogen) atoms. The molecule has 0 aromatic rings. The molecular formula is C16H32N4O. The van der Waals surface area contributed by atoms with Gasteiger partial charge in [0.05, 0.1) is 0 Å². The first-order valence-electron chi connectivity index (χ1n) is 8.64. The molecule has 0 spiro atoms. The van der Waals surface area contributed by atoms with E-state index in [-0.39, 0.29) is 5.91 Å². The van der Waals surface area contributed by atoms with Gasteiger partial charge in [0.1, 0.15) is 0 Å². The summed E-state index contributed by atoms with van der Waals surface area (Å²) >= 11 is 0. The first kappa shape index (κ1) is 16.7. The Kier molecular flexibility index (Phi) is 7.47. The number of piperazine rings is 1. The summed E-state index contributed by atoms with van der Waals surface area (Å²) in [6.45, 7) is 12.2. The smallest absolute Gasteiger partial charge is 0.216 e. The van der Waals surface area contributed by atoms with Gasteiger partial charge in [0, 0.05) is 46.2 Å². The van der Waals surface area contributed by atoms with Crippen LogP contribution < -0.4 is 10.6 Å². The number of hydrogen-bond donors (Lipinski definition) is 2. The highest BCUT2D eigenvalue weighted by Gasteiger charge is 2.20. The van der Waals surface area contributed by atoms with Gasteiger partial charge in [-0.3, -0.25) is 4.79 Å². The van der Waals surface area contributed by atoms with E-state index in [9.17, 15) is 4.79 Å². The van der Waals surface area contributed by atoms with E-state index < -0.39 is 0 Å². The van der Waals surface area contributed by atoms with Gasteiger partial charge in [-0.15, -0.1) is 0 Å². The lowest BCUT2D eigenvalue weighted by Crippen LogP contribution is -2.48. The van der Waals surface area contributed by atoms with E-state index in [2.05, 4.69) is 20.4 Å². The Labute approximate surface area is 129 Å². The van der Waals surface area contributed by atoms with Crippen LogP contribution >= 0.6 is 0 Å². The highest BCUT2D eigenvalue weighted by atomic mass is 16.1. The number of carbonyl (C=O) groups is 1. The van der Waals surface area contributed by atoms with Crippen LogP contribution in [0.2, 0.25) is 0 Å².